The van der Waals surface area contributed by atoms with Crippen LogP contribution in [0.2, 0.25) is 0 Å². The molecule has 0 radical (unpaired) electrons. The molecule has 3 rings (SSSR count). The fourth-order valence-corrected chi connectivity index (χ4v) is 3.82. The third kappa shape index (κ3) is 5.71. The Morgan fingerprint density at radius 3 is 2.71 bits per heavy atom. The summed E-state index contributed by atoms with van der Waals surface area (Å²) in [5.74, 6) is -0.198. The summed E-state index contributed by atoms with van der Waals surface area (Å²) in [6.07, 6.45) is 1.78. The van der Waals surface area contributed by atoms with Crippen LogP contribution in [0, 0.1) is 0 Å². The van der Waals surface area contributed by atoms with Gasteiger partial charge in [0.1, 0.15) is 17.5 Å². The van der Waals surface area contributed by atoms with Gasteiger partial charge in [0.15, 0.2) is 0 Å². The first kappa shape index (κ1) is 22.5. The van der Waals surface area contributed by atoms with E-state index in [0.29, 0.717) is 25.8 Å². The van der Waals surface area contributed by atoms with E-state index in [4.69, 9.17) is 4.74 Å². The van der Waals surface area contributed by atoms with Gasteiger partial charge in [0, 0.05) is 12.6 Å². The van der Waals surface area contributed by atoms with Gasteiger partial charge >= 0.3 is 6.61 Å². The van der Waals surface area contributed by atoms with E-state index in [1.54, 1.807) is 13.2 Å². The summed E-state index contributed by atoms with van der Waals surface area (Å²) in [4.78, 5) is 27.3. The van der Waals surface area contributed by atoms with Crippen molar-refractivity contribution >= 4 is 11.8 Å². The molecule has 2 amide bonds. The maximum absolute atomic E-state index is 13.0. The van der Waals surface area contributed by atoms with Gasteiger partial charge in [-0.2, -0.15) is 8.78 Å². The summed E-state index contributed by atoms with van der Waals surface area (Å²) in [6, 6.07) is 12.6. The number of halogens is 2. The fraction of sp³-hybridized carbons (Fsp3) is 0.391. The van der Waals surface area contributed by atoms with E-state index in [9.17, 15) is 18.4 Å². The molecule has 1 aliphatic heterocycles. The average molecular weight is 432 g/mol. The van der Waals surface area contributed by atoms with Crippen molar-refractivity contribution in [1.29, 1.82) is 0 Å². The van der Waals surface area contributed by atoms with E-state index < -0.39 is 18.6 Å². The SMILES string of the molecule is COc1cccc(CC(C)NC(=O)C2CCCN2C(=O)c2ccccc2OC(F)F)c1. The van der Waals surface area contributed by atoms with Crippen molar-refractivity contribution in [2.24, 2.45) is 0 Å². The maximum atomic E-state index is 13.0. The quantitative estimate of drug-likeness (QED) is 0.692. The molecule has 2 aromatic carbocycles. The second-order valence-electron chi connectivity index (χ2n) is 7.50. The Labute approximate surface area is 180 Å². The van der Waals surface area contributed by atoms with Crippen molar-refractivity contribution < 1.29 is 27.8 Å². The Hall–Kier alpha value is -3.16. The summed E-state index contributed by atoms with van der Waals surface area (Å²) in [5, 5.41) is 2.97. The number of hydrogen-bond donors (Lipinski definition) is 1. The van der Waals surface area contributed by atoms with Gasteiger partial charge in [-0.1, -0.05) is 24.3 Å². The highest BCUT2D eigenvalue weighted by Gasteiger charge is 2.36. The minimum absolute atomic E-state index is 0.0203. The number of hydrogen-bond acceptors (Lipinski definition) is 4. The molecule has 31 heavy (non-hydrogen) atoms. The predicted molar refractivity (Wildman–Crippen MR) is 111 cm³/mol. The Balaban J connectivity index is 1.67. The zero-order valence-corrected chi connectivity index (χ0v) is 17.5. The van der Waals surface area contributed by atoms with Gasteiger partial charge in [0.2, 0.25) is 5.91 Å². The molecular weight excluding hydrogens is 406 g/mol. The van der Waals surface area contributed by atoms with Crippen molar-refractivity contribution in [3.63, 3.8) is 0 Å². The highest BCUT2D eigenvalue weighted by atomic mass is 19.3. The number of methoxy groups -OCH3 is 1. The van der Waals surface area contributed by atoms with Gasteiger partial charge in [0.25, 0.3) is 5.91 Å². The van der Waals surface area contributed by atoms with Crippen LogP contribution in [-0.2, 0) is 11.2 Å². The van der Waals surface area contributed by atoms with Gasteiger partial charge in [-0.3, -0.25) is 9.59 Å². The molecule has 1 N–H and O–H groups in total. The summed E-state index contributed by atoms with van der Waals surface area (Å²) < 4.78 is 35.1. The van der Waals surface area contributed by atoms with Crippen LogP contribution in [0.1, 0.15) is 35.7 Å². The zero-order valence-electron chi connectivity index (χ0n) is 17.5. The Kier molecular flexibility index (Phi) is 7.44. The lowest BCUT2D eigenvalue weighted by molar-refractivity contribution is -0.125. The molecule has 2 aromatic rings. The van der Waals surface area contributed by atoms with Crippen LogP contribution in [0.15, 0.2) is 48.5 Å². The number of ether oxygens (including phenoxy) is 2. The lowest BCUT2D eigenvalue weighted by atomic mass is 10.1. The number of rotatable bonds is 8. The standard InChI is InChI=1S/C23H26F2N2O4/c1-15(13-16-7-5-8-17(14-16)30-2)26-21(28)19-10-6-12-27(19)22(29)18-9-3-4-11-20(18)31-23(24)25/h3-5,7-9,11,14-15,19,23H,6,10,12-13H2,1-2H3,(H,26,28). The number of nitrogens with zero attached hydrogens (tertiary/aromatic N) is 1. The van der Waals surface area contributed by atoms with Crippen molar-refractivity contribution in [3.8, 4) is 11.5 Å². The second kappa shape index (κ2) is 10.2. The van der Waals surface area contributed by atoms with Gasteiger partial charge in [-0.25, -0.2) is 0 Å². The molecule has 8 heteroatoms. The second-order valence-corrected chi connectivity index (χ2v) is 7.50. The predicted octanol–water partition coefficient (Wildman–Crippen LogP) is 3.65. The molecule has 0 bridgehead atoms. The number of alkyl halides is 2. The minimum atomic E-state index is -3.04. The van der Waals surface area contributed by atoms with Crippen LogP contribution in [0.25, 0.3) is 0 Å². The first-order valence-corrected chi connectivity index (χ1v) is 10.2. The Bertz CT molecular complexity index is 922. The molecule has 1 heterocycles. The number of benzene rings is 2. The molecule has 0 spiro atoms. The number of amides is 2. The average Bonchev–Trinajstić information content (AvgIpc) is 3.23. The van der Waals surface area contributed by atoms with Crippen molar-refractivity contribution in [3.05, 3.63) is 59.7 Å². The van der Waals surface area contributed by atoms with Gasteiger partial charge in [-0.05, 0) is 56.0 Å². The van der Waals surface area contributed by atoms with Crippen LogP contribution in [-0.4, -0.2) is 49.1 Å². The zero-order chi connectivity index (χ0) is 22.4. The van der Waals surface area contributed by atoms with E-state index in [-0.39, 0.29) is 23.3 Å². The Morgan fingerprint density at radius 2 is 1.97 bits per heavy atom. The van der Waals surface area contributed by atoms with Gasteiger partial charge < -0.3 is 19.7 Å². The van der Waals surface area contributed by atoms with E-state index in [0.717, 1.165) is 11.3 Å². The molecule has 0 aromatic heterocycles. The smallest absolute Gasteiger partial charge is 0.387 e. The first-order chi connectivity index (χ1) is 14.9. The third-order valence-corrected chi connectivity index (χ3v) is 5.21. The van der Waals surface area contributed by atoms with Crippen LogP contribution in [0.5, 0.6) is 11.5 Å². The number of nitrogens with one attached hydrogen (secondary N) is 1. The van der Waals surface area contributed by atoms with Crippen molar-refractivity contribution in [2.45, 2.75) is 44.9 Å². The van der Waals surface area contributed by atoms with Crippen LogP contribution in [0.4, 0.5) is 8.78 Å². The number of likely N-dealkylation sites (tertiary alicyclic amines) is 1. The third-order valence-electron chi connectivity index (χ3n) is 5.21. The molecule has 166 valence electrons. The topological polar surface area (TPSA) is 67.9 Å². The summed E-state index contributed by atoms with van der Waals surface area (Å²) in [7, 11) is 1.60. The molecule has 2 atom stereocenters. The number of para-hydroxylation sites is 1. The van der Waals surface area contributed by atoms with E-state index >= 15 is 0 Å². The monoisotopic (exact) mass is 432 g/mol. The summed E-state index contributed by atoms with van der Waals surface area (Å²) in [6.45, 7) is -0.766. The van der Waals surface area contributed by atoms with Gasteiger partial charge in [0.05, 0.1) is 12.7 Å². The van der Waals surface area contributed by atoms with Crippen molar-refractivity contribution in [1.82, 2.24) is 10.2 Å². The van der Waals surface area contributed by atoms with Crippen LogP contribution >= 0.6 is 0 Å². The number of carbonyl (C=O) groups is 2. The lowest BCUT2D eigenvalue weighted by Crippen LogP contribution is -2.48. The Morgan fingerprint density at radius 1 is 1.19 bits per heavy atom. The molecule has 6 nitrogen and oxygen atoms in total. The van der Waals surface area contributed by atoms with E-state index in [1.165, 1.54) is 23.1 Å². The maximum Gasteiger partial charge on any atom is 0.387 e. The number of carbonyl (C=O) groups excluding carboxylic acids is 2. The highest BCUT2D eigenvalue weighted by Crippen LogP contribution is 2.26. The molecular formula is C23H26F2N2O4. The lowest BCUT2D eigenvalue weighted by Gasteiger charge is -2.26. The van der Waals surface area contributed by atoms with Gasteiger partial charge in [-0.15, -0.1) is 0 Å². The molecule has 1 aliphatic rings. The van der Waals surface area contributed by atoms with E-state index in [2.05, 4.69) is 10.1 Å². The first-order valence-electron chi connectivity index (χ1n) is 10.2. The fourth-order valence-electron chi connectivity index (χ4n) is 3.82. The van der Waals surface area contributed by atoms with Crippen molar-refractivity contribution in [2.75, 3.05) is 13.7 Å². The van der Waals surface area contributed by atoms with E-state index in [1.807, 2.05) is 31.2 Å². The molecule has 0 aliphatic carbocycles. The summed E-state index contributed by atoms with van der Waals surface area (Å²) >= 11 is 0. The summed E-state index contributed by atoms with van der Waals surface area (Å²) in [5.41, 5.74) is 1.04. The molecule has 1 saturated heterocycles. The van der Waals surface area contributed by atoms with Crippen LogP contribution in [0.3, 0.4) is 0 Å². The molecule has 0 saturated carbocycles. The normalized spacial score (nSPS) is 16.8. The molecule has 1 fully saturated rings. The molecule has 2 unspecified atom stereocenters. The highest BCUT2D eigenvalue weighted by molar-refractivity contribution is 6.00. The minimum Gasteiger partial charge on any atom is -0.497 e. The van der Waals surface area contributed by atoms with Crippen LogP contribution < -0.4 is 14.8 Å². The largest absolute Gasteiger partial charge is 0.497 e.